The largest absolute Gasteiger partial charge is 0.480 e. The molecule has 2 atom stereocenters. The van der Waals surface area contributed by atoms with Crippen molar-refractivity contribution >= 4 is 56.7 Å². The number of carboxylic acids is 1. The van der Waals surface area contributed by atoms with Gasteiger partial charge >= 0.3 is 5.97 Å². The number of amides is 2. The van der Waals surface area contributed by atoms with Crippen LogP contribution in [-0.2, 0) is 37.2 Å². The van der Waals surface area contributed by atoms with Gasteiger partial charge in [-0.1, -0.05) is 59.1 Å². The molecule has 9 nitrogen and oxygen atoms in total. The second-order valence-electron chi connectivity index (χ2n) is 11.4. The molecule has 1 unspecified atom stereocenters. The molecule has 3 fully saturated rings. The lowest BCUT2D eigenvalue weighted by atomic mass is 9.76. The van der Waals surface area contributed by atoms with Crippen LogP contribution in [-0.4, -0.2) is 53.7 Å². The van der Waals surface area contributed by atoms with Crippen LogP contribution in [0.1, 0.15) is 42.4 Å². The monoisotopic (exact) mass is 657 g/mol. The zero-order chi connectivity index (χ0) is 31.6. The summed E-state index contributed by atoms with van der Waals surface area (Å²) in [6, 6.07) is 15.5. The lowest BCUT2D eigenvalue weighted by Crippen LogP contribution is -2.63. The molecule has 0 aromatic heterocycles. The summed E-state index contributed by atoms with van der Waals surface area (Å²) in [5, 5.41) is 16.2. The zero-order valence-corrected chi connectivity index (χ0v) is 26.3. The number of rotatable bonds is 10. The predicted molar refractivity (Wildman–Crippen MR) is 168 cm³/mol. The molecule has 44 heavy (non-hydrogen) atoms. The molecule has 2 bridgehead atoms. The number of carboxylic acid groups (broad SMARTS) is 1. The van der Waals surface area contributed by atoms with Crippen LogP contribution in [0.4, 0.5) is 5.69 Å². The lowest BCUT2D eigenvalue weighted by molar-refractivity contribution is -0.143. The number of sulfonamides is 1. The van der Waals surface area contributed by atoms with Crippen molar-refractivity contribution < 1.29 is 27.9 Å². The van der Waals surface area contributed by atoms with Gasteiger partial charge in [-0.15, -0.1) is 0 Å². The van der Waals surface area contributed by atoms with Crippen LogP contribution >= 0.6 is 23.2 Å². The SMILES string of the molecule is Cc1ccc(S(=O)(=O)N2C3CCC(CC3)C2C(=O)N[C@@H](Cc2ccc(NC(=O)Cc3c(Cl)cccc3Cl)cc2)C(=O)O)cc1. The molecule has 2 aliphatic heterocycles. The van der Waals surface area contributed by atoms with E-state index in [0.717, 1.165) is 5.56 Å². The number of piperidine rings is 2. The summed E-state index contributed by atoms with van der Waals surface area (Å²) in [4.78, 5) is 38.6. The van der Waals surface area contributed by atoms with E-state index in [4.69, 9.17) is 23.2 Å². The number of hydrogen-bond acceptors (Lipinski definition) is 5. The Morgan fingerprint density at radius 1 is 0.932 bits per heavy atom. The summed E-state index contributed by atoms with van der Waals surface area (Å²) >= 11 is 12.3. The van der Waals surface area contributed by atoms with Crippen molar-refractivity contribution in [1.82, 2.24) is 9.62 Å². The van der Waals surface area contributed by atoms with E-state index in [1.807, 2.05) is 6.92 Å². The van der Waals surface area contributed by atoms with Gasteiger partial charge in [0.1, 0.15) is 12.1 Å². The van der Waals surface area contributed by atoms with Gasteiger partial charge in [0, 0.05) is 28.2 Å². The number of halogens is 2. The first kappa shape index (κ1) is 32.0. The minimum Gasteiger partial charge on any atom is -0.480 e. The first-order chi connectivity index (χ1) is 20.9. The van der Waals surface area contributed by atoms with Crippen molar-refractivity contribution in [1.29, 1.82) is 0 Å². The van der Waals surface area contributed by atoms with Gasteiger partial charge in [0.15, 0.2) is 0 Å². The Bertz CT molecular complexity index is 1640. The van der Waals surface area contributed by atoms with E-state index in [0.29, 0.717) is 52.5 Å². The molecule has 0 radical (unpaired) electrons. The standard InChI is InChI=1S/C32H33Cl2N3O6S/c1-19-5-15-24(16-6-19)44(42,43)37-23-13-9-21(10-14-23)30(37)31(39)36-28(32(40)41)17-20-7-11-22(12-8-20)35-29(38)18-25-26(33)3-2-4-27(25)34/h2-8,11-12,15-16,21,23,28,30H,9-10,13-14,17-18H2,1H3,(H,35,38)(H,36,39)(H,40,41)/t21?,23?,28-,30?/m0/s1. The third-order valence-electron chi connectivity index (χ3n) is 8.38. The number of anilines is 1. The topological polar surface area (TPSA) is 133 Å². The zero-order valence-electron chi connectivity index (χ0n) is 24.0. The number of aliphatic carboxylic acids is 1. The maximum atomic E-state index is 13.7. The first-order valence-electron chi connectivity index (χ1n) is 14.4. The van der Waals surface area contributed by atoms with E-state index in [-0.39, 0.29) is 35.6 Å². The Kier molecular flexibility index (Phi) is 9.65. The normalized spacial score (nSPS) is 20.6. The van der Waals surface area contributed by atoms with E-state index in [9.17, 15) is 27.9 Å². The summed E-state index contributed by atoms with van der Waals surface area (Å²) in [5.41, 5.74) is 2.54. The molecule has 3 aliphatic rings. The van der Waals surface area contributed by atoms with Gasteiger partial charge in [-0.3, -0.25) is 9.59 Å². The highest BCUT2D eigenvalue weighted by molar-refractivity contribution is 7.89. The number of carbonyl (C=O) groups excluding carboxylic acids is 2. The molecule has 3 N–H and O–H groups in total. The molecule has 2 saturated heterocycles. The second-order valence-corrected chi connectivity index (χ2v) is 14.0. The number of carbonyl (C=O) groups is 3. The molecule has 3 aromatic rings. The van der Waals surface area contributed by atoms with Gasteiger partial charge < -0.3 is 15.7 Å². The highest BCUT2D eigenvalue weighted by Gasteiger charge is 2.51. The van der Waals surface area contributed by atoms with E-state index in [2.05, 4.69) is 10.6 Å². The van der Waals surface area contributed by atoms with Gasteiger partial charge in [-0.05, 0) is 86.1 Å². The first-order valence-corrected chi connectivity index (χ1v) is 16.6. The van der Waals surface area contributed by atoms with Crippen molar-refractivity contribution in [3.63, 3.8) is 0 Å². The third kappa shape index (κ3) is 6.94. The summed E-state index contributed by atoms with van der Waals surface area (Å²) in [7, 11) is -3.98. The van der Waals surface area contributed by atoms with E-state index >= 15 is 0 Å². The molecular formula is C32H33Cl2N3O6S. The van der Waals surface area contributed by atoms with Gasteiger partial charge in [-0.2, -0.15) is 4.31 Å². The Morgan fingerprint density at radius 2 is 1.55 bits per heavy atom. The average Bonchev–Trinajstić information content (AvgIpc) is 3.00. The Labute approximate surface area is 266 Å². The van der Waals surface area contributed by atoms with Crippen molar-refractivity contribution in [2.45, 2.75) is 68.5 Å². The molecule has 1 saturated carbocycles. The van der Waals surface area contributed by atoms with E-state index < -0.39 is 34.0 Å². The molecule has 6 rings (SSSR count). The number of hydrogen-bond donors (Lipinski definition) is 3. The van der Waals surface area contributed by atoms with Crippen LogP contribution in [0.3, 0.4) is 0 Å². The number of fused-ring (bicyclic) bond motifs is 3. The number of aryl methyl sites for hydroxylation is 1. The fourth-order valence-electron chi connectivity index (χ4n) is 6.10. The van der Waals surface area contributed by atoms with E-state index in [1.165, 1.54) is 4.31 Å². The fourth-order valence-corrected chi connectivity index (χ4v) is 8.52. The maximum absolute atomic E-state index is 13.7. The van der Waals surface area contributed by atoms with Crippen LogP contribution in [0.2, 0.25) is 10.0 Å². The molecule has 1 aliphatic carbocycles. The maximum Gasteiger partial charge on any atom is 0.326 e. The fraction of sp³-hybridized carbons (Fsp3) is 0.344. The molecule has 12 heteroatoms. The summed E-state index contributed by atoms with van der Waals surface area (Å²) in [6.45, 7) is 1.86. The quantitative estimate of drug-likeness (QED) is 0.274. The van der Waals surface area contributed by atoms with Gasteiger partial charge in [0.25, 0.3) is 0 Å². The summed E-state index contributed by atoms with van der Waals surface area (Å²) < 4.78 is 28.8. The Balaban J connectivity index is 1.27. The van der Waals surface area contributed by atoms with Crippen molar-refractivity contribution in [3.05, 3.63) is 93.5 Å². The predicted octanol–water partition coefficient (Wildman–Crippen LogP) is 5.23. The van der Waals surface area contributed by atoms with Crippen LogP contribution in [0.25, 0.3) is 0 Å². The number of benzene rings is 3. The average molecular weight is 659 g/mol. The van der Waals surface area contributed by atoms with Crippen molar-refractivity contribution in [2.24, 2.45) is 5.92 Å². The van der Waals surface area contributed by atoms with Crippen LogP contribution in [0.15, 0.2) is 71.6 Å². The molecule has 3 aromatic carbocycles. The Morgan fingerprint density at radius 3 is 2.14 bits per heavy atom. The van der Waals surface area contributed by atoms with E-state index in [1.54, 1.807) is 66.7 Å². The van der Waals surface area contributed by atoms with Gasteiger partial charge in [-0.25, -0.2) is 13.2 Å². The highest BCUT2D eigenvalue weighted by Crippen LogP contribution is 2.43. The molecule has 2 heterocycles. The molecule has 2 amide bonds. The smallest absolute Gasteiger partial charge is 0.326 e. The Hall–Kier alpha value is -3.44. The van der Waals surface area contributed by atoms with Gasteiger partial charge in [0.05, 0.1) is 11.3 Å². The molecule has 0 spiro atoms. The van der Waals surface area contributed by atoms with Crippen molar-refractivity contribution in [3.8, 4) is 0 Å². The minimum atomic E-state index is -3.98. The number of nitrogens with zero attached hydrogens (tertiary/aromatic N) is 1. The van der Waals surface area contributed by atoms with Gasteiger partial charge in [0.2, 0.25) is 21.8 Å². The molecule has 232 valence electrons. The summed E-state index contributed by atoms with van der Waals surface area (Å²) in [6.07, 6.45) is 2.68. The number of nitrogens with one attached hydrogen (secondary N) is 2. The van der Waals surface area contributed by atoms with Crippen molar-refractivity contribution in [2.75, 3.05) is 5.32 Å². The van der Waals surface area contributed by atoms with Crippen LogP contribution in [0.5, 0.6) is 0 Å². The summed E-state index contributed by atoms with van der Waals surface area (Å²) in [5.74, 6) is -2.36. The van der Waals surface area contributed by atoms with Crippen LogP contribution in [0, 0.1) is 12.8 Å². The minimum absolute atomic E-state index is 0.0208. The third-order valence-corrected chi connectivity index (χ3v) is 11.0. The van der Waals surface area contributed by atoms with Crippen LogP contribution < -0.4 is 10.6 Å². The lowest BCUT2D eigenvalue weighted by Gasteiger charge is -2.49. The highest BCUT2D eigenvalue weighted by atomic mass is 35.5. The molecular weight excluding hydrogens is 625 g/mol. The second kappa shape index (κ2) is 13.3.